The summed E-state index contributed by atoms with van der Waals surface area (Å²) in [7, 11) is 0. The number of nitrogens with one attached hydrogen (secondary N) is 1. The summed E-state index contributed by atoms with van der Waals surface area (Å²) < 4.78 is 3.04. The molecule has 0 spiro atoms. The van der Waals surface area contributed by atoms with Crippen molar-refractivity contribution < 1.29 is 4.79 Å². The molecule has 0 radical (unpaired) electrons. The second kappa shape index (κ2) is 8.05. The quantitative estimate of drug-likeness (QED) is 0.720. The minimum atomic E-state index is -0.254. The highest BCUT2D eigenvalue weighted by molar-refractivity contribution is 5.78. The lowest BCUT2D eigenvalue weighted by atomic mass is 9.78. The number of aromatic nitrogens is 4. The van der Waals surface area contributed by atoms with E-state index in [-0.39, 0.29) is 24.1 Å². The molecule has 3 atom stereocenters. The van der Waals surface area contributed by atoms with Crippen molar-refractivity contribution in [1.29, 1.82) is 0 Å². The number of benzene rings is 1. The van der Waals surface area contributed by atoms with Gasteiger partial charge in [0, 0.05) is 6.04 Å². The predicted molar refractivity (Wildman–Crippen MR) is 117 cm³/mol. The normalized spacial score (nSPS) is 21.7. The molecule has 1 saturated carbocycles. The van der Waals surface area contributed by atoms with Crippen molar-refractivity contribution in [3.05, 3.63) is 52.2 Å². The number of hydrogen-bond donors (Lipinski definition) is 1. The Bertz CT molecular complexity index is 1130. The molecule has 1 aliphatic carbocycles. The van der Waals surface area contributed by atoms with Gasteiger partial charge in [0.15, 0.2) is 5.65 Å². The van der Waals surface area contributed by atoms with Crippen LogP contribution in [0.5, 0.6) is 0 Å². The van der Waals surface area contributed by atoms with Crippen molar-refractivity contribution in [2.45, 2.75) is 59.5 Å². The Morgan fingerprint density at radius 1 is 1.17 bits per heavy atom. The molecule has 1 aliphatic rings. The molecule has 158 valence electrons. The molecule has 2 heterocycles. The number of hydrogen-bond acceptors (Lipinski definition) is 4. The highest BCUT2D eigenvalue weighted by atomic mass is 16.2. The molecule has 1 N–H and O–H groups in total. The van der Waals surface area contributed by atoms with E-state index in [4.69, 9.17) is 0 Å². The Balaban J connectivity index is 1.57. The van der Waals surface area contributed by atoms with Gasteiger partial charge in [-0.1, -0.05) is 32.8 Å². The molecule has 30 heavy (non-hydrogen) atoms. The maximum Gasteiger partial charge on any atom is 0.264 e. The van der Waals surface area contributed by atoms with Gasteiger partial charge in [-0.3, -0.25) is 14.2 Å². The van der Waals surface area contributed by atoms with Crippen molar-refractivity contribution >= 4 is 16.9 Å². The molecular formula is C23H29N5O2. The average molecular weight is 408 g/mol. The fourth-order valence-corrected chi connectivity index (χ4v) is 4.52. The van der Waals surface area contributed by atoms with Gasteiger partial charge < -0.3 is 5.32 Å². The molecule has 0 aliphatic heterocycles. The zero-order valence-electron chi connectivity index (χ0n) is 18.1. The Labute approximate surface area is 176 Å². The number of carbonyl (C=O) groups excluding carboxylic acids is 1. The molecule has 7 nitrogen and oxygen atoms in total. The van der Waals surface area contributed by atoms with Crippen LogP contribution < -0.4 is 10.9 Å². The summed E-state index contributed by atoms with van der Waals surface area (Å²) in [6.07, 6.45) is 6.30. The minimum absolute atomic E-state index is 0.0336. The lowest BCUT2D eigenvalue weighted by Gasteiger charge is -2.34. The zero-order chi connectivity index (χ0) is 21.4. The fourth-order valence-electron chi connectivity index (χ4n) is 4.52. The van der Waals surface area contributed by atoms with Crippen LogP contribution in [-0.4, -0.2) is 31.3 Å². The van der Waals surface area contributed by atoms with E-state index in [0.29, 0.717) is 22.9 Å². The highest BCUT2D eigenvalue weighted by Gasteiger charge is 2.28. The average Bonchev–Trinajstić information content (AvgIpc) is 3.12. The fraction of sp³-hybridized carbons (Fsp3) is 0.478. The largest absolute Gasteiger partial charge is 0.352 e. The van der Waals surface area contributed by atoms with E-state index in [1.54, 1.807) is 4.68 Å². The number of aryl methyl sites for hydroxylation is 2. The summed E-state index contributed by atoms with van der Waals surface area (Å²) in [6, 6.07) is 6.27. The van der Waals surface area contributed by atoms with Gasteiger partial charge >= 0.3 is 0 Å². The molecule has 1 fully saturated rings. The van der Waals surface area contributed by atoms with E-state index in [9.17, 15) is 9.59 Å². The molecule has 7 heteroatoms. The van der Waals surface area contributed by atoms with Crippen LogP contribution in [0.3, 0.4) is 0 Å². The Morgan fingerprint density at radius 3 is 2.63 bits per heavy atom. The van der Waals surface area contributed by atoms with E-state index in [1.165, 1.54) is 23.5 Å². The summed E-state index contributed by atoms with van der Waals surface area (Å²) in [5.41, 5.74) is 3.34. The molecule has 1 aromatic carbocycles. The first-order valence-corrected chi connectivity index (χ1v) is 10.6. The van der Waals surface area contributed by atoms with E-state index in [1.807, 2.05) is 26.0 Å². The van der Waals surface area contributed by atoms with Crippen molar-refractivity contribution in [3.8, 4) is 5.69 Å². The van der Waals surface area contributed by atoms with Crippen LogP contribution in [0.2, 0.25) is 0 Å². The van der Waals surface area contributed by atoms with Crippen LogP contribution in [0.25, 0.3) is 16.7 Å². The van der Waals surface area contributed by atoms with Gasteiger partial charge in [-0.2, -0.15) is 5.10 Å². The molecular weight excluding hydrogens is 378 g/mol. The Hall–Kier alpha value is -2.96. The maximum absolute atomic E-state index is 12.9. The molecule has 0 saturated heterocycles. The molecule has 0 bridgehead atoms. The molecule has 3 unspecified atom stereocenters. The number of rotatable bonds is 4. The van der Waals surface area contributed by atoms with Crippen LogP contribution in [0.1, 0.15) is 44.2 Å². The van der Waals surface area contributed by atoms with Gasteiger partial charge in [0.05, 0.1) is 11.9 Å². The topological polar surface area (TPSA) is 81.8 Å². The van der Waals surface area contributed by atoms with Gasteiger partial charge in [-0.25, -0.2) is 9.67 Å². The molecule has 2 aromatic heterocycles. The van der Waals surface area contributed by atoms with E-state index in [2.05, 4.69) is 35.3 Å². The summed E-state index contributed by atoms with van der Waals surface area (Å²) in [4.78, 5) is 30.0. The monoisotopic (exact) mass is 407 g/mol. The molecule has 4 rings (SSSR count). The van der Waals surface area contributed by atoms with Crippen molar-refractivity contribution in [2.75, 3.05) is 0 Å². The molecule has 1 amide bonds. The lowest BCUT2D eigenvalue weighted by molar-refractivity contribution is -0.123. The second-order valence-corrected chi connectivity index (χ2v) is 8.76. The first-order chi connectivity index (χ1) is 14.3. The summed E-state index contributed by atoms with van der Waals surface area (Å²) in [6.45, 7) is 8.44. The van der Waals surface area contributed by atoms with Crippen LogP contribution in [0.4, 0.5) is 0 Å². The number of carbonyl (C=O) groups is 1. The second-order valence-electron chi connectivity index (χ2n) is 8.76. The standard InChI is InChI=1S/C23H29N5O2/c1-14-8-15(2)10-18(9-14)28-22-19(11-25-28)23(30)27(13-24-22)12-21(29)26-20-7-5-6-16(3)17(20)4/h8-11,13,16-17,20H,5-7,12H2,1-4H3,(H,26,29). The van der Waals surface area contributed by atoms with Crippen molar-refractivity contribution in [3.63, 3.8) is 0 Å². The van der Waals surface area contributed by atoms with Crippen LogP contribution in [0.15, 0.2) is 35.5 Å². The van der Waals surface area contributed by atoms with Gasteiger partial charge in [-0.05, 0) is 55.4 Å². The van der Waals surface area contributed by atoms with Crippen LogP contribution in [-0.2, 0) is 11.3 Å². The van der Waals surface area contributed by atoms with Gasteiger partial charge in [0.25, 0.3) is 5.56 Å². The summed E-state index contributed by atoms with van der Waals surface area (Å²) in [5, 5.41) is 7.91. The van der Waals surface area contributed by atoms with E-state index in [0.717, 1.165) is 29.7 Å². The maximum atomic E-state index is 12.9. The van der Waals surface area contributed by atoms with E-state index < -0.39 is 0 Å². The highest BCUT2D eigenvalue weighted by Crippen LogP contribution is 2.29. The van der Waals surface area contributed by atoms with Gasteiger partial charge in [-0.15, -0.1) is 0 Å². The predicted octanol–water partition coefficient (Wildman–Crippen LogP) is 3.14. The van der Waals surface area contributed by atoms with E-state index >= 15 is 0 Å². The Kier molecular flexibility index (Phi) is 5.45. The number of nitrogens with zero attached hydrogens (tertiary/aromatic N) is 4. The van der Waals surface area contributed by atoms with Crippen LogP contribution in [0, 0.1) is 25.7 Å². The van der Waals surface area contributed by atoms with Gasteiger partial charge in [0.1, 0.15) is 18.3 Å². The third-order valence-electron chi connectivity index (χ3n) is 6.37. The number of fused-ring (bicyclic) bond motifs is 1. The van der Waals surface area contributed by atoms with Crippen molar-refractivity contribution in [2.24, 2.45) is 11.8 Å². The first-order valence-electron chi connectivity index (χ1n) is 10.6. The zero-order valence-corrected chi connectivity index (χ0v) is 18.1. The lowest BCUT2D eigenvalue weighted by Crippen LogP contribution is -2.45. The third kappa shape index (κ3) is 3.88. The Morgan fingerprint density at radius 2 is 1.90 bits per heavy atom. The SMILES string of the molecule is Cc1cc(C)cc(-n2ncc3c(=O)n(CC(=O)NC4CCCC(C)C4C)cnc32)c1. The molecule has 3 aromatic rings. The third-order valence-corrected chi connectivity index (χ3v) is 6.37. The number of amides is 1. The first kappa shape index (κ1) is 20.3. The van der Waals surface area contributed by atoms with Gasteiger partial charge in [0.2, 0.25) is 5.91 Å². The summed E-state index contributed by atoms with van der Waals surface area (Å²) in [5.74, 6) is 0.892. The van der Waals surface area contributed by atoms with Crippen molar-refractivity contribution in [1.82, 2.24) is 24.6 Å². The van der Waals surface area contributed by atoms with Crippen LogP contribution >= 0.6 is 0 Å². The smallest absolute Gasteiger partial charge is 0.264 e. The minimum Gasteiger partial charge on any atom is -0.352 e. The summed E-state index contributed by atoms with van der Waals surface area (Å²) >= 11 is 0.